The molecule has 3 rings (SSSR count). The summed E-state index contributed by atoms with van der Waals surface area (Å²) in [6.45, 7) is 1.38. The molecule has 0 atom stereocenters. The Labute approximate surface area is 154 Å². The van der Waals surface area contributed by atoms with Crippen LogP contribution in [0.5, 0.6) is 0 Å². The van der Waals surface area contributed by atoms with E-state index in [1.165, 1.54) is 19.2 Å². The van der Waals surface area contributed by atoms with Gasteiger partial charge in [-0.2, -0.15) is 0 Å². The van der Waals surface area contributed by atoms with Crippen molar-refractivity contribution < 1.29 is 9.59 Å². The predicted octanol–water partition coefficient (Wildman–Crippen LogP) is 3.40. The third-order valence-corrected chi connectivity index (χ3v) is 4.21. The van der Waals surface area contributed by atoms with Crippen LogP contribution in [-0.4, -0.2) is 16.4 Å². The Balaban J connectivity index is 1.99. The topological polar surface area (TPSA) is 80.2 Å². The lowest BCUT2D eigenvalue weighted by Crippen LogP contribution is -2.23. The fourth-order valence-electron chi connectivity index (χ4n) is 2.69. The number of para-hydroxylation sites is 1. The number of aromatic nitrogens is 1. The standard InChI is InChI=1S/C19H16ClN3O3/c1-11(24)21-12-7-8-15(20)16(9-12)22-19(26)14-10-23(2)17-6-4-3-5-13(17)18(14)25/h3-10H,1-2H3,(H,21,24)(H,22,26). The highest BCUT2D eigenvalue weighted by molar-refractivity contribution is 6.34. The zero-order valence-corrected chi connectivity index (χ0v) is 14.9. The molecule has 0 aliphatic carbocycles. The summed E-state index contributed by atoms with van der Waals surface area (Å²) < 4.78 is 1.72. The lowest BCUT2D eigenvalue weighted by Gasteiger charge is -2.12. The van der Waals surface area contributed by atoms with E-state index in [-0.39, 0.29) is 16.9 Å². The second kappa shape index (κ2) is 7.01. The van der Waals surface area contributed by atoms with Crippen molar-refractivity contribution in [2.75, 3.05) is 10.6 Å². The van der Waals surface area contributed by atoms with Crippen LogP contribution in [0.25, 0.3) is 10.9 Å². The first kappa shape index (κ1) is 17.7. The highest BCUT2D eigenvalue weighted by Gasteiger charge is 2.16. The fraction of sp³-hybridized carbons (Fsp3) is 0.105. The number of hydrogen-bond acceptors (Lipinski definition) is 3. The lowest BCUT2D eigenvalue weighted by atomic mass is 10.1. The van der Waals surface area contributed by atoms with Crippen molar-refractivity contribution in [1.82, 2.24) is 4.57 Å². The molecule has 0 saturated carbocycles. The SMILES string of the molecule is CC(=O)Nc1ccc(Cl)c(NC(=O)c2cn(C)c3ccccc3c2=O)c1. The number of rotatable bonds is 3. The average molecular weight is 370 g/mol. The van der Waals surface area contributed by atoms with Crippen LogP contribution in [-0.2, 0) is 11.8 Å². The number of pyridine rings is 1. The van der Waals surface area contributed by atoms with E-state index in [4.69, 9.17) is 11.6 Å². The van der Waals surface area contributed by atoms with Gasteiger partial charge in [-0.3, -0.25) is 14.4 Å². The van der Waals surface area contributed by atoms with Crippen LogP contribution in [0.15, 0.2) is 53.5 Å². The summed E-state index contributed by atoms with van der Waals surface area (Å²) in [7, 11) is 1.77. The molecule has 0 unspecified atom stereocenters. The summed E-state index contributed by atoms with van der Waals surface area (Å²) in [6.07, 6.45) is 1.49. The molecule has 0 aliphatic rings. The first-order chi connectivity index (χ1) is 12.4. The Kier molecular flexibility index (Phi) is 4.77. The molecule has 0 spiro atoms. The molecule has 0 saturated heterocycles. The Morgan fingerprint density at radius 3 is 2.54 bits per heavy atom. The van der Waals surface area contributed by atoms with Crippen molar-refractivity contribution in [3.05, 3.63) is 69.5 Å². The van der Waals surface area contributed by atoms with Crippen molar-refractivity contribution in [1.29, 1.82) is 0 Å². The minimum Gasteiger partial charge on any atom is -0.350 e. The molecule has 2 N–H and O–H groups in total. The molecule has 1 heterocycles. The highest BCUT2D eigenvalue weighted by atomic mass is 35.5. The van der Waals surface area contributed by atoms with E-state index in [1.54, 1.807) is 35.9 Å². The van der Waals surface area contributed by atoms with Gasteiger partial charge in [-0.25, -0.2) is 0 Å². The molecule has 0 aliphatic heterocycles. The van der Waals surface area contributed by atoms with Gasteiger partial charge in [-0.1, -0.05) is 23.7 Å². The zero-order valence-electron chi connectivity index (χ0n) is 14.2. The number of fused-ring (bicyclic) bond motifs is 1. The molecule has 7 heteroatoms. The summed E-state index contributed by atoms with van der Waals surface area (Å²) >= 11 is 6.12. The van der Waals surface area contributed by atoms with Gasteiger partial charge in [0, 0.05) is 31.2 Å². The van der Waals surface area contributed by atoms with E-state index in [2.05, 4.69) is 10.6 Å². The molecule has 0 fully saturated rings. The number of carbonyl (C=O) groups is 2. The van der Waals surface area contributed by atoms with Crippen LogP contribution >= 0.6 is 11.6 Å². The Hall–Kier alpha value is -3.12. The number of benzene rings is 2. The van der Waals surface area contributed by atoms with E-state index in [9.17, 15) is 14.4 Å². The van der Waals surface area contributed by atoms with E-state index in [0.29, 0.717) is 21.8 Å². The molecule has 3 aromatic rings. The summed E-state index contributed by atoms with van der Waals surface area (Å²) in [4.78, 5) is 36.5. The summed E-state index contributed by atoms with van der Waals surface area (Å²) in [5.41, 5.74) is 1.18. The minimum absolute atomic E-state index is 0.00666. The second-order valence-electron chi connectivity index (χ2n) is 5.83. The van der Waals surface area contributed by atoms with E-state index in [1.807, 2.05) is 12.1 Å². The molecule has 6 nitrogen and oxygen atoms in total. The predicted molar refractivity (Wildman–Crippen MR) is 103 cm³/mol. The average Bonchev–Trinajstić information content (AvgIpc) is 2.60. The van der Waals surface area contributed by atoms with Gasteiger partial charge in [0.2, 0.25) is 11.3 Å². The first-order valence-electron chi connectivity index (χ1n) is 7.83. The van der Waals surface area contributed by atoms with Crippen molar-refractivity contribution >= 4 is 45.7 Å². The fourth-order valence-corrected chi connectivity index (χ4v) is 2.86. The zero-order chi connectivity index (χ0) is 18.8. The molecule has 1 aromatic heterocycles. The van der Waals surface area contributed by atoms with Gasteiger partial charge in [0.05, 0.1) is 16.2 Å². The maximum atomic E-state index is 12.6. The van der Waals surface area contributed by atoms with Crippen molar-refractivity contribution in [2.24, 2.45) is 7.05 Å². The third-order valence-electron chi connectivity index (χ3n) is 3.88. The van der Waals surface area contributed by atoms with Crippen LogP contribution in [0.1, 0.15) is 17.3 Å². The number of amides is 2. The molecule has 0 bridgehead atoms. The quantitative estimate of drug-likeness (QED) is 0.742. The first-order valence-corrected chi connectivity index (χ1v) is 8.21. The van der Waals surface area contributed by atoms with Gasteiger partial charge in [-0.15, -0.1) is 0 Å². The molecular weight excluding hydrogens is 354 g/mol. The van der Waals surface area contributed by atoms with Crippen LogP contribution in [0, 0.1) is 0 Å². The van der Waals surface area contributed by atoms with Gasteiger partial charge in [-0.05, 0) is 30.3 Å². The number of carbonyl (C=O) groups excluding carboxylic acids is 2. The van der Waals surface area contributed by atoms with Gasteiger partial charge < -0.3 is 15.2 Å². The summed E-state index contributed by atoms with van der Waals surface area (Å²) in [5.74, 6) is -0.814. The Morgan fingerprint density at radius 2 is 1.81 bits per heavy atom. The Morgan fingerprint density at radius 1 is 1.08 bits per heavy atom. The van der Waals surface area contributed by atoms with Crippen LogP contribution in [0.3, 0.4) is 0 Å². The normalized spacial score (nSPS) is 10.6. The molecule has 0 radical (unpaired) electrons. The van der Waals surface area contributed by atoms with E-state index < -0.39 is 5.91 Å². The second-order valence-corrected chi connectivity index (χ2v) is 6.24. The van der Waals surface area contributed by atoms with Crippen molar-refractivity contribution in [3.8, 4) is 0 Å². The number of halogens is 1. The van der Waals surface area contributed by atoms with Gasteiger partial charge in [0.15, 0.2) is 0 Å². The number of aryl methyl sites for hydroxylation is 1. The molecule has 2 amide bonds. The molecule has 2 aromatic carbocycles. The number of nitrogens with zero attached hydrogens (tertiary/aromatic N) is 1. The van der Waals surface area contributed by atoms with E-state index in [0.717, 1.165) is 5.52 Å². The largest absolute Gasteiger partial charge is 0.350 e. The van der Waals surface area contributed by atoms with Crippen LogP contribution < -0.4 is 16.1 Å². The molecule has 26 heavy (non-hydrogen) atoms. The Bertz CT molecular complexity index is 1090. The summed E-state index contributed by atoms with van der Waals surface area (Å²) in [5, 5.41) is 6.01. The minimum atomic E-state index is -0.571. The van der Waals surface area contributed by atoms with Crippen LogP contribution in [0.4, 0.5) is 11.4 Å². The van der Waals surface area contributed by atoms with Gasteiger partial charge in [0.1, 0.15) is 5.56 Å². The van der Waals surface area contributed by atoms with E-state index >= 15 is 0 Å². The van der Waals surface area contributed by atoms with Crippen LogP contribution in [0.2, 0.25) is 5.02 Å². The number of hydrogen-bond donors (Lipinski definition) is 2. The smallest absolute Gasteiger partial charge is 0.261 e. The monoisotopic (exact) mass is 369 g/mol. The summed E-state index contributed by atoms with van der Waals surface area (Å²) in [6, 6.07) is 11.8. The van der Waals surface area contributed by atoms with Gasteiger partial charge in [0.25, 0.3) is 5.91 Å². The number of anilines is 2. The number of nitrogens with one attached hydrogen (secondary N) is 2. The molecular formula is C19H16ClN3O3. The van der Waals surface area contributed by atoms with Gasteiger partial charge >= 0.3 is 0 Å². The third kappa shape index (κ3) is 3.45. The highest BCUT2D eigenvalue weighted by Crippen LogP contribution is 2.26. The van der Waals surface area contributed by atoms with Crippen molar-refractivity contribution in [3.63, 3.8) is 0 Å². The lowest BCUT2D eigenvalue weighted by molar-refractivity contribution is -0.114. The maximum absolute atomic E-state index is 12.6. The maximum Gasteiger partial charge on any atom is 0.261 e. The molecule has 132 valence electrons. The van der Waals surface area contributed by atoms with Crippen molar-refractivity contribution in [2.45, 2.75) is 6.92 Å².